The molecule has 4 saturated carbocycles. The van der Waals surface area contributed by atoms with Crippen molar-refractivity contribution >= 4 is 0 Å². The van der Waals surface area contributed by atoms with E-state index in [2.05, 4.69) is 13.8 Å². The Morgan fingerprint density at radius 1 is 0.833 bits per heavy atom. The van der Waals surface area contributed by atoms with Gasteiger partial charge >= 0.3 is 0 Å². The van der Waals surface area contributed by atoms with Crippen LogP contribution in [-0.4, -0.2) is 31.2 Å². The molecule has 3 heteroatoms. The lowest BCUT2D eigenvalue weighted by atomic mass is 9.45. The van der Waals surface area contributed by atoms with E-state index in [4.69, 9.17) is 14.2 Å². The van der Waals surface area contributed by atoms with Crippen LogP contribution in [0, 0.1) is 34.5 Å². The summed E-state index contributed by atoms with van der Waals surface area (Å²) in [4.78, 5) is 0. The highest BCUT2D eigenvalue weighted by Gasteiger charge is 2.68. The quantitative estimate of drug-likeness (QED) is 0.624. The van der Waals surface area contributed by atoms with Gasteiger partial charge in [0.1, 0.15) is 0 Å². The van der Waals surface area contributed by atoms with Crippen molar-refractivity contribution in [1.82, 2.24) is 0 Å². The molecule has 8 atom stereocenters. The Morgan fingerprint density at radius 2 is 1.62 bits per heavy atom. The molecular weight excluding hydrogens is 300 g/mol. The summed E-state index contributed by atoms with van der Waals surface area (Å²) in [6.07, 6.45) is 11.9. The van der Waals surface area contributed by atoms with Crippen LogP contribution < -0.4 is 0 Å². The summed E-state index contributed by atoms with van der Waals surface area (Å²) < 4.78 is 18.5. The molecule has 3 nitrogen and oxygen atoms in total. The molecule has 6 fully saturated rings. The minimum absolute atomic E-state index is 0.238. The van der Waals surface area contributed by atoms with E-state index in [1.807, 2.05) is 0 Å². The van der Waals surface area contributed by atoms with Crippen LogP contribution in [0.3, 0.4) is 0 Å². The average molecular weight is 332 g/mol. The van der Waals surface area contributed by atoms with Crippen LogP contribution in [0.1, 0.15) is 65.2 Å². The highest BCUT2D eigenvalue weighted by Crippen LogP contribution is 2.70. The molecule has 6 aliphatic rings. The molecule has 2 saturated heterocycles. The van der Waals surface area contributed by atoms with Gasteiger partial charge < -0.3 is 14.2 Å². The second kappa shape index (κ2) is 4.58. The van der Waals surface area contributed by atoms with Gasteiger partial charge in [0.2, 0.25) is 0 Å². The molecule has 24 heavy (non-hydrogen) atoms. The van der Waals surface area contributed by atoms with Gasteiger partial charge in [-0.05, 0) is 74.0 Å². The minimum Gasteiger partial charge on any atom is -0.370 e. The van der Waals surface area contributed by atoms with E-state index in [0.717, 1.165) is 43.3 Å². The first-order valence-electron chi connectivity index (χ1n) is 10.5. The highest BCUT2D eigenvalue weighted by atomic mass is 16.7. The predicted octanol–water partition coefficient (Wildman–Crippen LogP) is 4.15. The molecule has 6 rings (SSSR count). The van der Waals surface area contributed by atoms with E-state index in [1.165, 1.54) is 44.9 Å². The van der Waals surface area contributed by atoms with Crippen LogP contribution in [0.5, 0.6) is 0 Å². The Labute approximate surface area is 145 Å². The second-order valence-electron chi connectivity index (χ2n) is 10.3. The molecule has 0 aromatic carbocycles. The van der Waals surface area contributed by atoms with Crippen LogP contribution >= 0.6 is 0 Å². The number of rotatable bonds is 0. The van der Waals surface area contributed by atoms with Gasteiger partial charge in [0.15, 0.2) is 5.79 Å². The van der Waals surface area contributed by atoms with Crippen LogP contribution in [0.4, 0.5) is 0 Å². The molecule has 0 bridgehead atoms. The Bertz CT molecular complexity index is 553. The average Bonchev–Trinajstić information content (AvgIpc) is 3.01. The molecule has 4 aliphatic carbocycles. The van der Waals surface area contributed by atoms with Crippen molar-refractivity contribution in [2.24, 2.45) is 34.5 Å². The zero-order valence-electron chi connectivity index (χ0n) is 15.3. The maximum absolute atomic E-state index is 6.27. The molecule has 0 N–H and O–H groups in total. The molecule has 0 aromatic rings. The molecule has 1 spiro atoms. The third-order valence-electron chi connectivity index (χ3n) is 9.71. The van der Waals surface area contributed by atoms with Crippen LogP contribution in [0.25, 0.3) is 0 Å². The van der Waals surface area contributed by atoms with Crippen molar-refractivity contribution in [3.63, 3.8) is 0 Å². The van der Waals surface area contributed by atoms with Gasteiger partial charge in [-0.2, -0.15) is 0 Å². The molecule has 0 amide bonds. The van der Waals surface area contributed by atoms with Gasteiger partial charge in [0.05, 0.1) is 25.4 Å². The summed E-state index contributed by atoms with van der Waals surface area (Å²) in [7, 11) is 0. The molecule has 2 aliphatic heterocycles. The molecule has 0 radical (unpaired) electrons. The highest BCUT2D eigenvalue weighted by molar-refractivity contribution is 5.14. The summed E-state index contributed by atoms with van der Waals surface area (Å²) in [6, 6.07) is 0. The van der Waals surface area contributed by atoms with Crippen molar-refractivity contribution in [3.8, 4) is 0 Å². The van der Waals surface area contributed by atoms with E-state index in [1.54, 1.807) is 0 Å². The van der Waals surface area contributed by atoms with Gasteiger partial charge in [-0.15, -0.1) is 0 Å². The van der Waals surface area contributed by atoms with Gasteiger partial charge in [0.25, 0.3) is 0 Å². The maximum Gasteiger partial charge on any atom is 0.174 e. The smallest absolute Gasteiger partial charge is 0.174 e. The van der Waals surface area contributed by atoms with Gasteiger partial charge in [0, 0.05) is 11.8 Å². The number of epoxide rings is 1. The number of hydrogen-bond acceptors (Lipinski definition) is 3. The molecule has 0 aromatic heterocycles. The van der Waals surface area contributed by atoms with E-state index in [0.29, 0.717) is 17.6 Å². The lowest BCUT2D eigenvalue weighted by Crippen LogP contribution is -2.57. The Balaban J connectivity index is 1.34. The molecule has 2 heterocycles. The summed E-state index contributed by atoms with van der Waals surface area (Å²) in [5, 5.41) is 0. The first kappa shape index (κ1) is 15.0. The standard InChI is InChI=1S/C21H32O3/c1-19-12-18-17(24-18)11-13(19)3-4-14-15(19)5-7-20(2)16(14)6-8-21(20)22-9-10-23-21/h13-18H,3-12H2,1-2H3/t13-,14-,15+,16+,17-,18+,19+,20+/m1/s1. The first-order chi connectivity index (χ1) is 11.6. The largest absolute Gasteiger partial charge is 0.370 e. The van der Waals surface area contributed by atoms with Crippen molar-refractivity contribution in [3.05, 3.63) is 0 Å². The Morgan fingerprint density at radius 3 is 2.46 bits per heavy atom. The van der Waals surface area contributed by atoms with E-state index < -0.39 is 0 Å². The Hall–Kier alpha value is -0.120. The van der Waals surface area contributed by atoms with Gasteiger partial charge in [-0.1, -0.05) is 13.8 Å². The van der Waals surface area contributed by atoms with E-state index in [9.17, 15) is 0 Å². The lowest BCUT2D eigenvalue weighted by molar-refractivity contribution is -0.246. The summed E-state index contributed by atoms with van der Waals surface area (Å²) in [5.41, 5.74) is 0.788. The topological polar surface area (TPSA) is 31.0 Å². The number of fused-ring (bicyclic) bond motifs is 7. The van der Waals surface area contributed by atoms with Crippen molar-refractivity contribution in [2.75, 3.05) is 13.2 Å². The SMILES string of the molecule is C[C@]12C[C@@H]3O[C@@H]3C[C@H]1CC[C@@H]1[C@@H]2CC[C@@]2(C)[C@H]1CCC21OCCO1. The van der Waals surface area contributed by atoms with E-state index in [-0.39, 0.29) is 11.2 Å². The normalized spacial score (nSPS) is 60.2. The number of hydrogen-bond donors (Lipinski definition) is 0. The fraction of sp³-hybridized carbons (Fsp3) is 1.00. The fourth-order valence-electron chi connectivity index (χ4n) is 8.41. The summed E-state index contributed by atoms with van der Waals surface area (Å²) in [5.74, 6) is 3.30. The monoisotopic (exact) mass is 332 g/mol. The third kappa shape index (κ3) is 1.66. The fourth-order valence-corrected chi connectivity index (χ4v) is 8.41. The molecular formula is C21H32O3. The predicted molar refractivity (Wildman–Crippen MR) is 90.4 cm³/mol. The van der Waals surface area contributed by atoms with Crippen LogP contribution in [0.2, 0.25) is 0 Å². The zero-order chi connectivity index (χ0) is 16.2. The Kier molecular flexibility index (Phi) is 2.86. The summed E-state index contributed by atoms with van der Waals surface area (Å²) >= 11 is 0. The molecule has 134 valence electrons. The van der Waals surface area contributed by atoms with E-state index >= 15 is 0 Å². The lowest BCUT2D eigenvalue weighted by Gasteiger charge is -2.60. The third-order valence-corrected chi connectivity index (χ3v) is 9.71. The van der Waals surface area contributed by atoms with Crippen molar-refractivity contribution < 1.29 is 14.2 Å². The van der Waals surface area contributed by atoms with Crippen LogP contribution in [-0.2, 0) is 14.2 Å². The van der Waals surface area contributed by atoms with Crippen molar-refractivity contribution in [1.29, 1.82) is 0 Å². The maximum atomic E-state index is 6.27. The summed E-state index contributed by atoms with van der Waals surface area (Å²) in [6.45, 7) is 6.73. The number of ether oxygens (including phenoxy) is 3. The van der Waals surface area contributed by atoms with Gasteiger partial charge in [-0.3, -0.25) is 0 Å². The van der Waals surface area contributed by atoms with Crippen LogP contribution in [0.15, 0.2) is 0 Å². The second-order valence-corrected chi connectivity index (χ2v) is 10.3. The van der Waals surface area contributed by atoms with Crippen molar-refractivity contribution in [2.45, 2.75) is 83.2 Å². The zero-order valence-corrected chi connectivity index (χ0v) is 15.3. The first-order valence-corrected chi connectivity index (χ1v) is 10.5. The van der Waals surface area contributed by atoms with Gasteiger partial charge in [-0.25, -0.2) is 0 Å². The molecule has 0 unspecified atom stereocenters. The minimum atomic E-state index is -0.238.